The number of H-pyrrole nitrogens is 1. The van der Waals surface area contributed by atoms with Crippen LogP contribution in [0.1, 0.15) is 27.5 Å². The van der Waals surface area contributed by atoms with E-state index < -0.39 is 16.1 Å². The van der Waals surface area contributed by atoms with E-state index in [1.807, 2.05) is 48.5 Å². The first kappa shape index (κ1) is 22.4. The number of aromatic nitrogens is 2. The number of amides is 1. The summed E-state index contributed by atoms with van der Waals surface area (Å²) in [6.07, 6.45) is 1.63. The maximum atomic E-state index is 13.3. The summed E-state index contributed by atoms with van der Waals surface area (Å²) < 4.78 is 27.9. The lowest BCUT2D eigenvalue weighted by Gasteiger charge is -2.20. The van der Waals surface area contributed by atoms with Gasteiger partial charge < -0.3 is 10.3 Å². The number of imidazole rings is 1. The van der Waals surface area contributed by atoms with Crippen LogP contribution in [0.3, 0.4) is 0 Å². The average molecular weight is 483 g/mol. The third kappa shape index (κ3) is 4.92. The van der Waals surface area contributed by atoms with Gasteiger partial charge in [-0.05, 0) is 53.6 Å². The molecule has 0 radical (unpaired) electrons. The monoisotopic (exact) mass is 482 g/mol. The molecule has 0 aliphatic carbocycles. The summed E-state index contributed by atoms with van der Waals surface area (Å²) in [4.78, 5) is 20.8. The number of nitrogens with one attached hydrogen (secondary N) is 3. The van der Waals surface area contributed by atoms with Crippen molar-refractivity contribution in [2.75, 3.05) is 4.72 Å². The third-order valence-corrected chi connectivity index (χ3v) is 7.01. The minimum atomic E-state index is -3.77. The number of benzene rings is 4. The topological polar surface area (TPSA) is 104 Å². The molecule has 0 saturated carbocycles. The van der Waals surface area contributed by atoms with Gasteiger partial charge in [0.25, 0.3) is 15.9 Å². The standard InChI is InChI=1S/C27H22N4O3S/c32-27(21-10-7-11-22(16-21)31-35(33,34)23-12-5-2-6-13-23)30-26(19-8-3-1-4-9-19)20-14-15-24-25(17-20)29-18-28-24/h1-18,26,31H,(H,28,29)(H,30,32). The van der Waals surface area contributed by atoms with E-state index in [1.54, 1.807) is 42.7 Å². The zero-order valence-electron chi connectivity index (χ0n) is 18.5. The largest absolute Gasteiger partial charge is 0.345 e. The summed E-state index contributed by atoms with van der Waals surface area (Å²) in [5.74, 6) is -0.329. The Hall–Kier alpha value is -4.43. The van der Waals surface area contributed by atoms with Crippen LogP contribution in [0, 0.1) is 0 Å². The van der Waals surface area contributed by atoms with Crippen LogP contribution in [-0.2, 0) is 10.0 Å². The van der Waals surface area contributed by atoms with Crippen LogP contribution in [0.25, 0.3) is 11.0 Å². The number of carbonyl (C=O) groups is 1. The van der Waals surface area contributed by atoms with Crippen molar-refractivity contribution in [3.05, 3.63) is 126 Å². The normalized spacial score (nSPS) is 12.2. The second kappa shape index (κ2) is 9.44. The third-order valence-electron chi connectivity index (χ3n) is 5.62. The van der Waals surface area contributed by atoms with Gasteiger partial charge in [0.15, 0.2) is 0 Å². The molecule has 8 heteroatoms. The zero-order chi connectivity index (χ0) is 24.3. The maximum Gasteiger partial charge on any atom is 0.261 e. The number of anilines is 1. The van der Waals surface area contributed by atoms with E-state index in [0.717, 1.165) is 22.2 Å². The average Bonchev–Trinajstić information content (AvgIpc) is 3.36. The van der Waals surface area contributed by atoms with Crippen LogP contribution in [0.4, 0.5) is 5.69 Å². The summed E-state index contributed by atoms with van der Waals surface area (Å²) in [6.45, 7) is 0. The highest BCUT2D eigenvalue weighted by Crippen LogP contribution is 2.25. The lowest BCUT2D eigenvalue weighted by molar-refractivity contribution is 0.0943. The Bertz CT molecular complexity index is 1580. The maximum absolute atomic E-state index is 13.3. The van der Waals surface area contributed by atoms with Gasteiger partial charge in [-0.2, -0.15) is 0 Å². The first-order chi connectivity index (χ1) is 17.0. The van der Waals surface area contributed by atoms with Crippen LogP contribution in [0.5, 0.6) is 0 Å². The minimum Gasteiger partial charge on any atom is -0.345 e. The number of sulfonamides is 1. The molecule has 0 fully saturated rings. The molecular formula is C27H22N4O3S. The van der Waals surface area contributed by atoms with E-state index in [9.17, 15) is 13.2 Å². The molecule has 1 atom stereocenters. The molecule has 5 rings (SSSR count). The second-order valence-corrected chi connectivity index (χ2v) is 9.68. The lowest BCUT2D eigenvalue weighted by atomic mass is 9.97. The van der Waals surface area contributed by atoms with Gasteiger partial charge >= 0.3 is 0 Å². The predicted molar refractivity (Wildman–Crippen MR) is 136 cm³/mol. The Morgan fingerprint density at radius 2 is 1.54 bits per heavy atom. The number of hydrogen-bond donors (Lipinski definition) is 3. The highest BCUT2D eigenvalue weighted by atomic mass is 32.2. The van der Waals surface area contributed by atoms with Crippen molar-refractivity contribution in [2.45, 2.75) is 10.9 Å². The zero-order valence-corrected chi connectivity index (χ0v) is 19.4. The summed E-state index contributed by atoms with van der Waals surface area (Å²) in [5, 5.41) is 3.09. The van der Waals surface area contributed by atoms with Gasteiger partial charge in [-0.1, -0.05) is 60.7 Å². The van der Waals surface area contributed by atoms with Crippen LogP contribution < -0.4 is 10.0 Å². The first-order valence-electron chi connectivity index (χ1n) is 11.0. The number of hydrogen-bond acceptors (Lipinski definition) is 4. The number of rotatable bonds is 7. The van der Waals surface area contributed by atoms with Crippen LogP contribution in [-0.4, -0.2) is 24.3 Å². The molecule has 5 aromatic rings. The van der Waals surface area contributed by atoms with Crippen molar-refractivity contribution in [1.29, 1.82) is 0 Å². The highest BCUT2D eigenvalue weighted by molar-refractivity contribution is 7.92. The van der Waals surface area contributed by atoms with E-state index in [0.29, 0.717) is 11.3 Å². The molecule has 0 saturated heterocycles. The van der Waals surface area contributed by atoms with Gasteiger partial charge in [0, 0.05) is 11.3 Å². The molecule has 4 aromatic carbocycles. The number of fused-ring (bicyclic) bond motifs is 1. The summed E-state index contributed by atoms with van der Waals surface area (Å²) in [7, 11) is -3.77. The molecule has 1 unspecified atom stereocenters. The van der Waals surface area contributed by atoms with E-state index in [-0.39, 0.29) is 10.8 Å². The molecule has 0 spiro atoms. The fourth-order valence-corrected chi connectivity index (χ4v) is 4.96. The molecule has 35 heavy (non-hydrogen) atoms. The van der Waals surface area contributed by atoms with Gasteiger partial charge in [-0.3, -0.25) is 9.52 Å². The highest BCUT2D eigenvalue weighted by Gasteiger charge is 2.20. The molecule has 7 nitrogen and oxygen atoms in total. The van der Waals surface area contributed by atoms with Gasteiger partial charge in [0.2, 0.25) is 0 Å². The van der Waals surface area contributed by atoms with Gasteiger partial charge in [0.1, 0.15) is 0 Å². The van der Waals surface area contributed by atoms with E-state index in [1.165, 1.54) is 18.2 Å². The Morgan fingerprint density at radius 3 is 2.31 bits per heavy atom. The van der Waals surface area contributed by atoms with Crippen LogP contribution in [0.15, 0.2) is 114 Å². The second-order valence-electron chi connectivity index (χ2n) is 8.00. The SMILES string of the molecule is O=C(NC(c1ccccc1)c1ccc2nc[nH]c2c1)c1cccc(NS(=O)(=O)c2ccccc2)c1. The molecular weight excluding hydrogens is 460 g/mol. The number of nitrogens with zero attached hydrogens (tertiary/aromatic N) is 1. The minimum absolute atomic E-state index is 0.146. The van der Waals surface area contributed by atoms with Crippen molar-refractivity contribution in [2.24, 2.45) is 0 Å². The quantitative estimate of drug-likeness (QED) is 0.307. The molecule has 3 N–H and O–H groups in total. The molecule has 1 amide bonds. The Morgan fingerprint density at radius 1 is 0.800 bits per heavy atom. The van der Waals surface area contributed by atoms with E-state index in [4.69, 9.17) is 0 Å². The smallest absolute Gasteiger partial charge is 0.261 e. The van der Waals surface area contributed by atoms with Crippen molar-refractivity contribution in [1.82, 2.24) is 15.3 Å². The predicted octanol–water partition coefficient (Wildman–Crippen LogP) is 4.88. The Kier molecular flexibility index (Phi) is 6.03. The molecule has 0 bridgehead atoms. The van der Waals surface area contributed by atoms with E-state index >= 15 is 0 Å². The van der Waals surface area contributed by atoms with Crippen molar-refractivity contribution in [3.63, 3.8) is 0 Å². The van der Waals surface area contributed by atoms with Crippen molar-refractivity contribution >= 4 is 32.7 Å². The summed E-state index contributed by atoms with van der Waals surface area (Å²) >= 11 is 0. The van der Waals surface area contributed by atoms with Crippen LogP contribution in [0.2, 0.25) is 0 Å². The van der Waals surface area contributed by atoms with Gasteiger partial charge in [0.05, 0.1) is 28.3 Å². The Labute approximate surface area is 202 Å². The van der Waals surface area contributed by atoms with Crippen molar-refractivity contribution in [3.8, 4) is 0 Å². The van der Waals surface area contributed by atoms with Crippen molar-refractivity contribution < 1.29 is 13.2 Å². The van der Waals surface area contributed by atoms with Crippen LogP contribution >= 0.6 is 0 Å². The van der Waals surface area contributed by atoms with E-state index in [2.05, 4.69) is 20.0 Å². The number of aromatic amines is 1. The van der Waals surface area contributed by atoms with Gasteiger partial charge in [-0.15, -0.1) is 0 Å². The molecule has 174 valence electrons. The lowest BCUT2D eigenvalue weighted by Crippen LogP contribution is -2.29. The van der Waals surface area contributed by atoms with Gasteiger partial charge in [-0.25, -0.2) is 13.4 Å². The molecule has 0 aliphatic rings. The fraction of sp³-hybridized carbons (Fsp3) is 0.0370. The molecule has 1 heterocycles. The Balaban J connectivity index is 1.42. The fourth-order valence-electron chi connectivity index (χ4n) is 3.89. The molecule has 1 aromatic heterocycles. The molecule has 0 aliphatic heterocycles. The number of carbonyl (C=O) groups excluding carboxylic acids is 1. The summed E-state index contributed by atoms with van der Waals surface area (Å²) in [5.41, 5.74) is 4.15. The first-order valence-corrected chi connectivity index (χ1v) is 12.4. The summed E-state index contributed by atoms with van der Waals surface area (Å²) in [6, 6.07) is 29.6.